The van der Waals surface area contributed by atoms with Crippen molar-refractivity contribution in [1.82, 2.24) is 14.5 Å². The smallest absolute Gasteiger partial charge is 0.347 e. The Hall–Kier alpha value is -2.55. The molecule has 2 unspecified atom stereocenters. The van der Waals surface area contributed by atoms with Gasteiger partial charge in [0.25, 0.3) is 11.8 Å². The van der Waals surface area contributed by atoms with E-state index in [9.17, 15) is 19.2 Å². The van der Waals surface area contributed by atoms with Crippen molar-refractivity contribution in [2.24, 2.45) is 0 Å². The zero-order valence-electron chi connectivity index (χ0n) is 27.6. The summed E-state index contributed by atoms with van der Waals surface area (Å²) < 4.78 is 31.9. The van der Waals surface area contributed by atoms with Gasteiger partial charge in [0.05, 0.1) is 5.44 Å². The lowest BCUT2D eigenvalue weighted by molar-refractivity contribution is -0.154. The first-order valence-corrected chi connectivity index (χ1v) is 15.1. The first-order chi connectivity index (χ1) is 20.0. The van der Waals surface area contributed by atoms with E-state index in [-0.39, 0.29) is 34.8 Å². The molecule has 1 saturated heterocycles. The number of benzene rings is 2. The number of carbonyl (C=O) groups excluding carboxylic acids is 4. The molecule has 1 fully saturated rings. The Labute approximate surface area is 273 Å². The van der Waals surface area contributed by atoms with E-state index in [1.807, 2.05) is 15.7 Å². The Bertz CT molecular complexity index is 1640. The largest absolute Gasteiger partial charge is 0.389 e. The van der Waals surface area contributed by atoms with E-state index < -0.39 is 39.5 Å². The van der Waals surface area contributed by atoms with Gasteiger partial charge in [-0.25, -0.2) is 0 Å². The number of amides is 4. The zero-order valence-corrected chi connectivity index (χ0v) is 28.4. The first-order valence-electron chi connectivity index (χ1n) is 14.7. The normalized spacial score (nSPS) is 21.7. The highest BCUT2D eigenvalue weighted by atomic mass is 35.5. The third kappa shape index (κ3) is 4.45. The van der Waals surface area contributed by atoms with Gasteiger partial charge >= 0.3 is 5.92 Å². The second kappa shape index (κ2) is 10.8. The third-order valence-corrected chi connectivity index (χ3v) is 11.9. The molecule has 0 N–H and O–H groups in total. The lowest BCUT2D eigenvalue weighted by Crippen LogP contribution is -2.75. The van der Waals surface area contributed by atoms with Gasteiger partial charge in [0.15, 0.2) is 0 Å². The van der Waals surface area contributed by atoms with Gasteiger partial charge in [0, 0.05) is 28.6 Å². The summed E-state index contributed by atoms with van der Waals surface area (Å²) in [5.74, 6) is -7.05. The summed E-state index contributed by atoms with van der Waals surface area (Å²) in [5, 5.41) is -1.48. The minimum Gasteiger partial charge on any atom is -0.389 e. The third-order valence-electron chi connectivity index (χ3n) is 11.3. The number of hydrogen-bond donors (Lipinski definition) is 0. The number of rotatable bonds is 5. The highest BCUT2D eigenvalue weighted by Gasteiger charge is 2.65. The van der Waals surface area contributed by atoms with Crippen molar-refractivity contribution in [2.45, 2.75) is 34.3 Å². The molecule has 44 heavy (non-hydrogen) atoms. The predicted octanol–water partition coefficient (Wildman–Crippen LogP) is -11.9. The minimum absolute atomic E-state index is 0.0913. The van der Waals surface area contributed by atoms with E-state index in [0.29, 0.717) is 32.6 Å². The van der Waals surface area contributed by atoms with Gasteiger partial charge in [0.2, 0.25) is 27.8 Å². The SMILES string of the molecule is Bc1c(B)c(C(F)(F)C(=O)N(B)C(B)c2ccc3c(c2)CN(C2(B)C(=O)N(B)C(=O)C(B)(B)C2(B)B)C3=O)c(B)c(B)c1Cl. The minimum atomic E-state index is -3.81. The lowest BCUT2D eigenvalue weighted by Gasteiger charge is -2.61. The summed E-state index contributed by atoms with van der Waals surface area (Å²) in [6.45, 7) is 0.0913. The molecule has 2 aliphatic heterocycles. The fraction of sp³-hybridized carbons (Fsp3) is 0.273. The topological polar surface area (TPSA) is 78.0 Å². The van der Waals surface area contributed by atoms with Gasteiger partial charge in [0.1, 0.15) is 78.5 Å². The van der Waals surface area contributed by atoms with E-state index in [2.05, 4.69) is 0 Å². The standard InChI is InChI=1S/C22H30B12ClF2N3O4/c23-9-8(10(24)12(26)13(35)11(9)25)19(36,37)16(42)39(33)14(27)5-1-2-7-6(3-5)4-38(15(7)41)21(30)18(44)40(34)17(43)20(28,29)22(21,31)32/h1-3,14H,4,23-34H2. The summed E-state index contributed by atoms with van der Waals surface area (Å²) in [7, 11) is 19.8. The Kier molecular flexibility index (Phi) is 8.40. The number of alkyl halides is 2. The van der Waals surface area contributed by atoms with Crippen molar-refractivity contribution in [1.29, 1.82) is 0 Å². The molecule has 22 heteroatoms. The molecule has 0 spiro atoms. The van der Waals surface area contributed by atoms with Crippen LogP contribution in [-0.2, 0) is 26.9 Å². The van der Waals surface area contributed by atoms with E-state index in [0.717, 1.165) is 9.62 Å². The van der Waals surface area contributed by atoms with Gasteiger partial charge in [-0.15, -0.1) is 0 Å². The van der Waals surface area contributed by atoms with E-state index in [4.69, 9.17) is 11.6 Å². The number of fused-ring (bicyclic) bond motifs is 1. The summed E-state index contributed by atoms with van der Waals surface area (Å²) >= 11 is 6.36. The Balaban J connectivity index is 1.68. The van der Waals surface area contributed by atoms with Crippen LogP contribution in [0.25, 0.3) is 0 Å². The maximum Gasteiger partial charge on any atom is 0.347 e. The van der Waals surface area contributed by atoms with Crippen LogP contribution in [0.4, 0.5) is 8.78 Å². The highest BCUT2D eigenvalue weighted by Crippen LogP contribution is 2.57. The molecule has 0 radical (unpaired) electrons. The van der Waals surface area contributed by atoms with Gasteiger partial charge < -0.3 is 14.5 Å². The Morgan fingerprint density at radius 3 is 2.00 bits per heavy atom. The molecule has 0 aliphatic carbocycles. The van der Waals surface area contributed by atoms with Crippen molar-refractivity contribution in [3.05, 3.63) is 45.5 Å². The van der Waals surface area contributed by atoms with Gasteiger partial charge in [-0.1, -0.05) is 50.8 Å². The lowest BCUT2D eigenvalue weighted by atomic mass is 9.21. The molecular weight excluding hydrogens is 573 g/mol. The van der Waals surface area contributed by atoms with E-state index in [1.165, 1.54) is 20.9 Å². The Morgan fingerprint density at radius 1 is 0.955 bits per heavy atom. The summed E-state index contributed by atoms with van der Waals surface area (Å²) in [4.78, 5) is 57.6. The van der Waals surface area contributed by atoms with Crippen molar-refractivity contribution in [2.75, 3.05) is 0 Å². The number of piperidine rings is 1. The average Bonchev–Trinajstić information content (AvgIpc) is 3.30. The molecule has 7 nitrogen and oxygen atoms in total. The summed E-state index contributed by atoms with van der Waals surface area (Å²) in [6, 6.07) is 5.00. The molecule has 4 rings (SSSR count). The van der Waals surface area contributed by atoms with Crippen molar-refractivity contribution in [3.63, 3.8) is 0 Å². The quantitative estimate of drug-likeness (QED) is 0.252. The summed E-state index contributed by atoms with van der Waals surface area (Å²) in [5.41, 5.74) is 1.45. The fourth-order valence-electron chi connectivity index (χ4n) is 6.86. The molecule has 214 valence electrons. The highest BCUT2D eigenvalue weighted by molar-refractivity contribution is 6.68. The zero-order chi connectivity index (χ0) is 33.6. The molecular formula is C22H30B12ClF2N3O4. The van der Waals surface area contributed by atoms with Crippen LogP contribution in [0.15, 0.2) is 18.2 Å². The summed E-state index contributed by atoms with van der Waals surface area (Å²) in [6.07, 6.45) is 0. The number of hydrogen-bond acceptors (Lipinski definition) is 4. The molecule has 2 heterocycles. The number of imide groups is 1. The van der Waals surface area contributed by atoms with Crippen LogP contribution in [0.3, 0.4) is 0 Å². The molecule has 2 aromatic carbocycles. The second-order valence-electron chi connectivity index (χ2n) is 13.7. The molecule has 4 amide bonds. The molecule has 2 atom stereocenters. The van der Waals surface area contributed by atoms with Crippen molar-refractivity contribution >= 4 is 152 Å². The van der Waals surface area contributed by atoms with Crippen LogP contribution in [0.1, 0.15) is 33.0 Å². The van der Waals surface area contributed by atoms with Crippen LogP contribution in [0, 0.1) is 0 Å². The number of halogens is 3. The second-order valence-corrected chi connectivity index (χ2v) is 14.0. The van der Waals surface area contributed by atoms with Crippen LogP contribution >= 0.6 is 11.6 Å². The van der Waals surface area contributed by atoms with Crippen LogP contribution in [0.5, 0.6) is 0 Å². The van der Waals surface area contributed by atoms with Crippen LogP contribution < -0.4 is 21.9 Å². The van der Waals surface area contributed by atoms with Crippen molar-refractivity contribution in [3.8, 4) is 0 Å². The van der Waals surface area contributed by atoms with E-state index in [1.54, 1.807) is 81.0 Å². The fourth-order valence-corrected chi connectivity index (χ4v) is 7.14. The first kappa shape index (κ1) is 34.3. The monoisotopic (exact) mass is 605 g/mol. The van der Waals surface area contributed by atoms with Crippen LogP contribution in [-0.4, -0.2) is 138 Å². The number of nitrogens with zero attached hydrogens (tertiary/aromatic N) is 3. The van der Waals surface area contributed by atoms with Crippen LogP contribution in [0.2, 0.25) is 15.5 Å². The molecule has 0 saturated carbocycles. The molecule has 2 aliphatic rings. The molecule has 2 aromatic rings. The van der Waals surface area contributed by atoms with E-state index >= 15 is 8.78 Å². The average molecular weight is 604 g/mol. The van der Waals surface area contributed by atoms with Crippen molar-refractivity contribution < 1.29 is 28.0 Å². The molecule has 0 aromatic heterocycles. The maximum absolute atomic E-state index is 15.9. The van der Waals surface area contributed by atoms with Gasteiger partial charge in [-0.3, -0.25) is 19.2 Å². The maximum atomic E-state index is 15.9. The van der Waals surface area contributed by atoms with Gasteiger partial charge in [-0.05, 0) is 22.4 Å². The molecule has 0 bridgehead atoms. The Morgan fingerprint density at radius 2 is 1.48 bits per heavy atom. The predicted molar refractivity (Wildman–Crippen MR) is 202 cm³/mol. The van der Waals surface area contributed by atoms with Gasteiger partial charge in [-0.2, -0.15) is 8.78 Å². The number of carbonyl (C=O) groups is 4.